The van der Waals surface area contributed by atoms with E-state index in [0.29, 0.717) is 0 Å². The van der Waals surface area contributed by atoms with Crippen LogP contribution >= 0.6 is 15.8 Å². The topological polar surface area (TPSA) is 18.5 Å². The number of benzene rings is 2. The van der Waals surface area contributed by atoms with Gasteiger partial charge in [-0.2, -0.15) is 0 Å². The summed E-state index contributed by atoms with van der Waals surface area (Å²) in [4.78, 5) is 0. The Balaban J connectivity index is 0.000000682. The monoisotopic (exact) mass is 634 g/mol. The summed E-state index contributed by atoms with van der Waals surface area (Å²) in [7, 11) is 3.42. The first-order valence-electron chi connectivity index (χ1n) is 13.2. The number of hydrogen-bond donors (Lipinski definition) is 0. The molecule has 2 nitrogen and oxygen atoms in total. The van der Waals surface area contributed by atoms with Crippen LogP contribution in [0.1, 0.15) is 66.5 Å². The van der Waals surface area contributed by atoms with Crippen molar-refractivity contribution in [1.29, 1.82) is 0 Å². The van der Waals surface area contributed by atoms with Crippen molar-refractivity contribution in [2.45, 2.75) is 90.9 Å². The van der Waals surface area contributed by atoms with Crippen LogP contribution in [0.25, 0.3) is 0 Å². The smallest absolute Gasteiger partial charge is 0.118 e. The van der Waals surface area contributed by atoms with Gasteiger partial charge in [0.15, 0.2) is 0 Å². The molecule has 0 fully saturated rings. The minimum atomic E-state index is 0. The van der Waals surface area contributed by atoms with E-state index in [1.165, 1.54) is 11.1 Å². The fourth-order valence-electron chi connectivity index (χ4n) is 4.03. The van der Waals surface area contributed by atoms with Crippen LogP contribution in [0.5, 0.6) is 11.5 Å². The van der Waals surface area contributed by atoms with E-state index in [-0.39, 0.29) is 36.3 Å². The van der Waals surface area contributed by atoms with Crippen molar-refractivity contribution in [3.05, 3.63) is 83.4 Å². The number of ether oxygens (including phenoxy) is 2. The first-order chi connectivity index (χ1) is 17.1. The van der Waals surface area contributed by atoms with Crippen molar-refractivity contribution in [2.75, 3.05) is 14.2 Å². The number of allylic oxidation sites excluding steroid dienone is 2. The average molecular weight is 635 g/mol. The minimum Gasteiger partial charge on any atom is -0.497 e. The Kier molecular flexibility index (Phi) is 19.5. The van der Waals surface area contributed by atoms with Crippen molar-refractivity contribution in [3.63, 3.8) is 0 Å². The third-order valence-corrected chi connectivity index (χ3v) is 11.8. The fraction of sp³-hybridized carbons (Fsp3) is 0.500. The largest absolute Gasteiger partial charge is 0.497 e. The zero-order chi connectivity index (χ0) is 27.1. The Hall–Kier alpha value is -0.958. The summed E-state index contributed by atoms with van der Waals surface area (Å²) in [6.45, 7) is 18.6. The van der Waals surface area contributed by atoms with E-state index in [1.807, 2.05) is 24.3 Å². The molecule has 5 heteroatoms. The molecule has 210 valence electrons. The summed E-state index contributed by atoms with van der Waals surface area (Å²) < 4.78 is 10.3. The summed E-state index contributed by atoms with van der Waals surface area (Å²) in [6, 6.07) is 16.6. The van der Waals surface area contributed by atoms with Crippen LogP contribution < -0.4 is 9.47 Å². The van der Waals surface area contributed by atoms with Crippen LogP contribution in [0.2, 0.25) is 0 Å². The van der Waals surface area contributed by atoms with Crippen molar-refractivity contribution < 1.29 is 29.9 Å². The van der Waals surface area contributed by atoms with E-state index in [1.54, 1.807) is 14.2 Å². The maximum Gasteiger partial charge on any atom is 0.118 e. The Morgan fingerprint density at radius 2 is 0.811 bits per heavy atom. The molecule has 0 aliphatic heterocycles. The van der Waals surface area contributed by atoms with E-state index < -0.39 is 0 Å². The Morgan fingerprint density at radius 1 is 0.541 bits per heavy atom. The molecule has 0 saturated heterocycles. The van der Waals surface area contributed by atoms with Crippen LogP contribution in [-0.4, -0.2) is 36.9 Å². The van der Waals surface area contributed by atoms with Crippen molar-refractivity contribution in [3.8, 4) is 11.5 Å². The van der Waals surface area contributed by atoms with Gasteiger partial charge < -0.3 is 9.47 Å². The molecule has 0 aliphatic carbocycles. The second-order valence-corrected chi connectivity index (χ2v) is 16.7. The predicted octanol–water partition coefficient (Wildman–Crippen LogP) is 10.1. The number of hydrogen-bond acceptors (Lipinski definition) is 2. The van der Waals surface area contributed by atoms with Gasteiger partial charge in [-0.3, -0.25) is 0 Å². The fourth-order valence-corrected chi connectivity index (χ4v) is 8.49. The molecule has 0 aromatic heterocycles. The SMILES string of the molecule is COc1ccc(CC=CP(C(C)C)C(C)C)cc1.COc1ccc(CC=CP(C(C)C)C(C)C)cc1.[Pd]. The summed E-state index contributed by atoms with van der Waals surface area (Å²) in [5, 5.41) is 0. The molecule has 0 bridgehead atoms. The van der Waals surface area contributed by atoms with Gasteiger partial charge in [-0.15, -0.1) is 0 Å². The zero-order valence-electron chi connectivity index (χ0n) is 24.7. The van der Waals surface area contributed by atoms with Crippen LogP contribution in [-0.2, 0) is 33.3 Å². The molecular formula is C32H50O2P2Pd. The Bertz CT molecular complexity index is 797. The summed E-state index contributed by atoms with van der Waals surface area (Å²) in [6.07, 6.45) is 6.69. The zero-order valence-corrected chi connectivity index (χ0v) is 28.0. The summed E-state index contributed by atoms with van der Waals surface area (Å²) in [5.41, 5.74) is 5.77. The molecule has 0 heterocycles. The van der Waals surface area contributed by atoms with Crippen molar-refractivity contribution >= 4 is 15.8 Å². The first kappa shape index (κ1) is 36.0. The van der Waals surface area contributed by atoms with Crippen LogP contribution in [0.15, 0.2) is 72.3 Å². The van der Waals surface area contributed by atoms with E-state index in [0.717, 1.165) is 47.0 Å². The molecule has 37 heavy (non-hydrogen) atoms. The van der Waals surface area contributed by atoms with Crippen molar-refractivity contribution in [1.82, 2.24) is 0 Å². The molecule has 2 rings (SSSR count). The minimum absolute atomic E-state index is 0. The molecule has 2 aromatic rings. The summed E-state index contributed by atoms with van der Waals surface area (Å²) >= 11 is 0. The van der Waals surface area contributed by atoms with Gasteiger partial charge in [-0.25, -0.2) is 0 Å². The third-order valence-electron chi connectivity index (χ3n) is 5.97. The van der Waals surface area contributed by atoms with E-state index in [9.17, 15) is 0 Å². The maximum absolute atomic E-state index is 5.16. The Morgan fingerprint density at radius 3 is 1.03 bits per heavy atom. The molecule has 2 aromatic carbocycles. The van der Waals surface area contributed by atoms with Gasteiger partial charge in [0.05, 0.1) is 14.2 Å². The van der Waals surface area contributed by atoms with E-state index in [4.69, 9.17) is 9.47 Å². The average Bonchev–Trinajstić information content (AvgIpc) is 2.84. The second-order valence-electron chi connectivity index (χ2n) is 10.1. The number of methoxy groups -OCH3 is 2. The molecule has 0 radical (unpaired) electrons. The number of rotatable bonds is 12. The van der Waals surface area contributed by atoms with Gasteiger partial charge in [-0.05, 0) is 70.9 Å². The van der Waals surface area contributed by atoms with Gasteiger partial charge in [0.2, 0.25) is 0 Å². The van der Waals surface area contributed by atoms with Gasteiger partial charge in [0, 0.05) is 20.4 Å². The normalized spacial score (nSPS) is 11.7. The molecule has 0 N–H and O–H groups in total. The molecule has 0 spiro atoms. The quantitative estimate of drug-likeness (QED) is 0.171. The van der Waals surface area contributed by atoms with Crippen molar-refractivity contribution in [2.24, 2.45) is 0 Å². The Labute approximate surface area is 244 Å². The standard InChI is InChI=1S/2C16H25OP.Pd/c2*1-13(2)18(14(3)4)12-6-7-15-8-10-16(17-5)11-9-15;/h2*6,8-14H,7H2,1-5H3;. The van der Waals surface area contributed by atoms with E-state index >= 15 is 0 Å². The molecule has 0 saturated carbocycles. The van der Waals surface area contributed by atoms with Gasteiger partial charge in [0.25, 0.3) is 0 Å². The van der Waals surface area contributed by atoms with Crippen LogP contribution in [0.4, 0.5) is 0 Å². The molecule has 0 aliphatic rings. The maximum atomic E-state index is 5.16. The van der Waals surface area contributed by atoms with Crippen LogP contribution in [0.3, 0.4) is 0 Å². The molecule has 0 amide bonds. The van der Waals surface area contributed by atoms with Gasteiger partial charge >= 0.3 is 0 Å². The predicted molar refractivity (Wildman–Crippen MR) is 166 cm³/mol. The molecule has 0 unspecified atom stereocenters. The van der Waals surface area contributed by atoms with Crippen LogP contribution in [0, 0.1) is 0 Å². The molecular weight excluding hydrogens is 585 g/mol. The van der Waals surface area contributed by atoms with E-state index in [2.05, 4.69) is 103 Å². The van der Waals surface area contributed by atoms with Gasteiger partial charge in [0.1, 0.15) is 11.5 Å². The first-order valence-corrected chi connectivity index (χ1v) is 16.3. The molecule has 0 atom stereocenters. The third kappa shape index (κ3) is 14.7. The second kappa shape index (κ2) is 20.0. The summed E-state index contributed by atoms with van der Waals surface area (Å²) in [5.74, 6) is 6.73. The van der Waals surface area contributed by atoms with Gasteiger partial charge in [-0.1, -0.05) is 119 Å².